The molecule has 0 bridgehead atoms. The maximum absolute atomic E-state index is 7.01. The Hall–Kier alpha value is -11.9. The number of hydrogen-bond donors (Lipinski definition) is 0. The van der Waals surface area contributed by atoms with Gasteiger partial charge in [0, 0.05) is 34.3 Å². The van der Waals surface area contributed by atoms with Crippen molar-refractivity contribution in [2.24, 2.45) is 0 Å². The van der Waals surface area contributed by atoms with Crippen LogP contribution in [0.3, 0.4) is 0 Å². The van der Waals surface area contributed by atoms with Crippen LogP contribution in [0.1, 0.15) is 26.3 Å². The predicted molar refractivity (Wildman–Crippen MR) is 370 cm³/mol. The SMILES string of the molecule is CC(C)(C)c1ccnc(-n2c3ccccc3c3ccc(Oc4cccc(-n5[c-][n+]6c7c(cccc75)-c5ccccc5-c5ccc7c(nc8n(-c9ccccc9)c9ccccc9n78)c5-c5cccc(-c7cc(-c8ccccc8)cc(-c8ccccc8)c7)c5-6)c4)cc32)c1. The summed E-state index contributed by atoms with van der Waals surface area (Å²) in [6.45, 7) is 6.73. The summed E-state index contributed by atoms with van der Waals surface area (Å²) in [7, 11) is 0. The van der Waals surface area contributed by atoms with Gasteiger partial charge >= 0.3 is 0 Å². The summed E-state index contributed by atoms with van der Waals surface area (Å²) in [5, 5.41) is 2.29. The third-order valence-electron chi connectivity index (χ3n) is 18.4. The summed E-state index contributed by atoms with van der Waals surface area (Å²) in [4.78, 5) is 10.8. The summed E-state index contributed by atoms with van der Waals surface area (Å²) >= 11 is 0. The van der Waals surface area contributed by atoms with E-state index in [1.165, 1.54) is 5.56 Å². The topological polar surface area (TPSA) is 58.1 Å². The molecule has 0 fully saturated rings. The van der Waals surface area contributed by atoms with E-state index in [0.717, 1.165) is 156 Å². The van der Waals surface area contributed by atoms with Crippen molar-refractivity contribution in [2.75, 3.05) is 0 Å². The molecule has 8 heteroatoms. The lowest BCUT2D eigenvalue weighted by atomic mass is 9.86. The standard InChI is InChI=1S/C83H57N7O/c1-83(2,3)58-44-45-84-77(49-58)89-71-36-16-15-32-66(71)67-41-40-62(51-76(67)89)91-61-29-19-28-60(50-61)86-52-87-80-63(57-47-55(53-22-7-4-8-23-53)46-56(48-57)54-24-9-5-10-25-54)33-20-35-70(80)78-68(64-30-13-14-31-65(64)69-34-21-39-75(86)81(69)87)42-43-74-79(78)85-82-88(59-26-11-6-12-27-59)72-37-17-18-38-73(72)90(74)82/h4-51H,1-3H3. The molecule has 0 spiro atoms. The molecule has 8 nitrogen and oxygen atoms in total. The molecule has 1 aliphatic heterocycles. The molecule has 17 aromatic rings. The summed E-state index contributed by atoms with van der Waals surface area (Å²) in [5.41, 5.74) is 25.4. The van der Waals surface area contributed by atoms with Crippen LogP contribution in [0.2, 0.25) is 0 Å². The van der Waals surface area contributed by atoms with Gasteiger partial charge < -0.3 is 4.74 Å². The van der Waals surface area contributed by atoms with Crippen LogP contribution in [0.25, 0.3) is 150 Å². The van der Waals surface area contributed by atoms with Crippen molar-refractivity contribution in [3.8, 4) is 101 Å². The van der Waals surface area contributed by atoms with Crippen molar-refractivity contribution in [1.82, 2.24) is 28.1 Å². The molecule has 18 rings (SSSR count). The molecule has 0 unspecified atom stereocenters. The Morgan fingerprint density at radius 1 is 0.396 bits per heavy atom. The number of nitrogens with zero attached hydrogens (tertiary/aromatic N) is 7. The highest BCUT2D eigenvalue weighted by Crippen LogP contribution is 2.49. The van der Waals surface area contributed by atoms with Crippen LogP contribution in [0, 0.1) is 6.33 Å². The normalized spacial score (nSPS) is 12.1. The smallest absolute Gasteiger partial charge is 0.269 e. The molecule has 0 aliphatic carbocycles. The lowest BCUT2D eigenvalue weighted by Crippen LogP contribution is -2.32. The van der Waals surface area contributed by atoms with E-state index in [0.29, 0.717) is 5.75 Å². The van der Waals surface area contributed by atoms with Gasteiger partial charge in [-0.25, -0.2) is 9.97 Å². The Balaban J connectivity index is 0.888. The number of pyridine rings is 1. The van der Waals surface area contributed by atoms with Gasteiger partial charge in [-0.15, -0.1) is 0 Å². The monoisotopic (exact) mass is 1170 g/mol. The van der Waals surface area contributed by atoms with Gasteiger partial charge in [0.15, 0.2) is 0 Å². The van der Waals surface area contributed by atoms with Crippen LogP contribution in [-0.2, 0) is 5.41 Å². The number of imidazole rings is 3. The Kier molecular flexibility index (Phi) is 11.7. The largest absolute Gasteiger partial charge is 0.458 e. The first-order valence-electron chi connectivity index (χ1n) is 31.0. The van der Waals surface area contributed by atoms with E-state index in [9.17, 15) is 0 Å². The van der Waals surface area contributed by atoms with Crippen molar-refractivity contribution < 1.29 is 9.30 Å². The van der Waals surface area contributed by atoms with Crippen molar-refractivity contribution in [3.63, 3.8) is 0 Å². The number of para-hydroxylation sites is 6. The third kappa shape index (κ3) is 8.33. The van der Waals surface area contributed by atoms with Crippen molar-refractivity contribution in [2.45, 2.75) is 26.2 Å². The molecule has 0 saturated heterocycles. The van der Waals surface area contributed by atoms with Gasteiger partial charge in [0.1, 0.15) is 17.3 Å². The molecule has 5 aromatic heterocycles. The third-order valence-corrected chi connectivity index (χ3v) is 18.4. The molecule has 0 amide bonds. The van der Waals surface area contributed by atoms with Gasteiger partial charge in [0.2, 0.25) is 5.78 Å². The maximum Gasteiger partial charge on any atom is 0.269 e. The highest BCUT2D eigenvalue weighted by Gasteiger charge is 2.30. The summed E-state index contributed by atoms with van der Waals surface area (Å²) in [6.07, 6.45) is 6.02. The molecule has 91 heavy (non-hydrogen) atoms. The minimum Gasteiger partial charge on any atom is -0.458 e. The zero-order chi connectivity index (χ0) is 60.5. The second-order valence-corrected chi connectivity index (χ2v) is 24.8. The van der Waals surface area contributed by atoms with E-state index in [2.05, 4.69) is 329 Å². The number of hydrogen-bond acceptors (Lipinski definition) is 3. The highest BCUT2D eigenvalue weighted by atomic mass is 16.5. The second kappa shape index (κ2) is 20.3. The molecule has 0 atom stereocenters. The van der Waals surface area contributed by atoms with Gasteiger partial charge in [-0.2, -0.15) is 0 Å². The lowest BCUT2D eigenvalue weighted by Gasteiger charge is -2.20. The fourth-order valence-corrected chi connectivity index (χ4v) is 14.2. The van der Waals surface area contributed by atoms with E-state index in [1.54, 1.807) is 0 Å². The molecule has 0 N–H and O–H groups in total. The molecule has 430 valence electrons. The number of aromatic nitrogens is 7. The molecule has 0 saturated carbocycles. The van der Waals surface area contributed by atoms with Crippen LogP contribution < -0.4 is 9.30 Å². The zero-order valence-corrected chi connectivity index (χ0v) is 50.3. The van der Waals surface area contributed by atoms with E-state index in [1.807, 2.05) is 12.3 Å². The second-order valence-electron chi connectivity index (χ2n) is 24.8. The molecule has 12 aromatic carbocycles. The van der Waals surface area contributed by atoms with Crippen LogP contribution in [-0.4, -0.2) is 28.1 Å². The van der Waals surface area contributed by atoms with Gasteiger partial charge in [-0.05, 0) is 169 Å². The van der Waals surface area contributed by atoms with Gasteiger partial charge in [-0.3, -0.25) is 22.7 Å². The molecule has 0 radical (unpaired) electrons. The van der Waals surface area contributed by atoms with Crippen molar-refractivity contribution in [1.29, 1.82) is 0 Å². The number of rotatable bonds is 8. The summed E-state index contributed by atoms with van der Waals surface area (Å²) in [6, 6.07) is 102. The number of fused-ring (bicyclic) bond motifs is 16. The van der Waals surface area contributed by atoms with Crippen LogP contribution in [0.4, 0.5) is 0 Å². The highest BCUT2D eigenvalue weighted by molar-refractivity contribution is 6.11. The Morgan fingerprint density at radius 2 is 0.989 bits per heavy atom. The fourth-order valence-electron chi connectivity index (χ4n) is 14.2. The molecule has 6 heterocycles. The van der Waals surface area contributed by atoms with E-state index >= 15 is 0 Å². The minimum absolute atomic E-state index is 0.0511. The van der Waals surface area contributed by atoms with Gasteiger partial charge in [0.25, 0.3) is 6.33 Å². The summed E-state index contributed by atoms with van der Waals surface area (Å²) < 4.78 is 18.5. The lowest BCUT2D eigenvalue weighted by molar-refractivity contribution is -0.570. The molecular formula is C83H57N7O. The van der Waals surface area contributed by atoms with Crippen molar-refractivity contribution in [3.05, 3.63) is 303 Å². The van der Waals surface area contributed by atoms with E-state index in [-0.39, 0.29) is 5.41 Å². The Labute approximate surface area is 525 Å². The maximum atomic E-state index is 7.01. The number of ether oxygens (including phenoxy) is 1. The van der Waals surface area contributed by atoms with Crippen LogP contribution in [0.15, 0.2) is 291 Å². The minimum atomic E-state index is -0.0511. The number of benzene rings is 12. The van der Waals surface area contributed by atoms with Crippen LogP contribution in [0.5, 0.6) is 11.5 Å². The average Bonchev–Trinajstić information content (AvgIpc) is 1.57. The average molecular weight is 1170 g/mol. The van der Waals surface area contributed by atoms with E-state index in [4.69, 9.17) is 14.7 Å². The summed E-state index contributed by atoms with van der Waals surface area (Å²) in [5.74, 6) is 3.12. The van der Waals surface area contributed by atoms with Gasteiger partial charge in [0.05, 0.1) is 55.5 Å². The zero-order valence-electron chi connectivity index (χ0n) is 50.3. The van der Waals surface area contributed by atoms with Gasteiger partial charge in [-0.1, -0.05) is 203 Å². The molecule has 1 aliphatic rings. The quantitative estimate of drug-likeness (QED) is 0.113. The van der Waals surface area contributed by atoms with Crippen LogP contribution >= 0.6 is 0 Å². The Morgan fingerprint density at radius 3 is 1.76 bits per heavy atom. The molecular weight excluding hydrogens is 1110 g/mol. The predicted octanol–water partition coefficient (Wildman–Crippen LogP) is 20.3. The first kappa shape index (κ1) is 52.3. The van der Waals surface area contributed by atoms with E-state index < -0.39 is 0 Å². The first-order chi connectivity index (χ1) is 44.8. The first-order valence-corrected chi connectivity index (χ1v) is 31.0. The fraction of sp³-hybridized carbons (Fsp3) is 0.0482. The Bertz CT molecular complexity index is 5730. The van der Waals surface area contributed by atoms with Crippen molar-refractivity contribution >= 4 is 60.7 Å².